The number of hydrogen-bond acceptors (Lipinski definition) is 3. The van der Waals surface area contributed by atoms with Crippen LogP contribution in [0.3, 0.4) is 0 Å². The lowest BCUT2D eigenvalue weighted by Crippen LogP contribution is -2.48. The largest absolute Gasteiger partial charge is 0.343 e. The molecule has 2 rings (SSSR count). The molecule has 0 radical (unpaired) electrons. The maximum Gasteiger partial charge on any atom is 0.226 e. The lowest BCUT2D eigenvalue weighted by Gasteiger charge is -2.39. The number of benzene rings is 1. The zero-order valence-electron chi connectivity index (χ0n) is 14.7. The van der Waals surface area contributed by atoms with E-state index in [2.05, 4.69) is 37.9 Å². The zero-order chi connectivity index (χ0) is 16.8. The van der Waals surface area contributed by atoms with Gasteiger partial charge in [0.2, 0.25) is 5.91 Å². The summed E-state index contributed by atoms with van der Waals surface area (Å²) in [6, 6.07) is 10.8. The molecule has 3 unspecified atom stereocenters. The molecule has 1 aromatic rings. The summed E-state index contributed by atoms with van der Waals surface area (Å²) in [5.41, 5.74) is 7.57. The van der Waals surface area contributed by atoms with E-state index in [0.717, 1.165) is 38.9 Å². The minimum atomic E-state index is 0.0682. The van der Waals surface area contributed by atoms with Gasteiger partial charge >= 0.3 is 0 Å². The first-order valence-electron chi connectivity index (χ1n) is 8.86. The molecule has 0 aromatic heterocycles. The lowest BCUT2D eigenvalue weighted by atomic mass is 9.88. The molecule has 1 heterocycles. The van der Waals surface area contributed by atoms with Crippen molar-refractivity contribution in [1.82, 2.24) is 9.80 Å². The number of rotatable bonds is 6. The highest BCUT2D eigenvalue weighted by molar-refractivity contribution is 5.79. The molecule has 1 aliphatic rings. The second kappa shape index (κ2) is 8.46. The van der Waals surface area contributed by atoms with E-state index in [9.17, 15) is 4.79 Å². The number of likely N-dealkylation sites (tertiary alicyclic amines) is 1. The Kier molecular flexibility index (Phi) is 6.60. The van der Waals surface area contributed by atoms with Crippen LogP contribution < -0.4 is 5.73 Å². The highest BCUT2D eigenvalue weighted by atomic mass is 16.2. The van der Waals surface area contributed by atoms with Gasteiger partial charge in [-0.25, -0.2) is 0 Å². The van der Waals surface area contributed by atoms with Gasteiger partial charge in [-0.2, -0.15) is 0 Å². The van der Waals surface area contributed by atoms with Gasteiger partial charge in [0.25, 0.3) is 0 Å². The van der Waals surface area contributed by atoms with Crippen LogP contribution in [0.2, 0.25) is 0 Å². The van der Waals surface area contributed by atoms with Gasteiger partial charge < -0.3 is 15.5 Å². The van der Waals surface area contributed by atoms with Gasteiger partial charge in [0, 0.05) is 31.7 Å². The topological polar surface area (TPSA) is 49.6 Å². The second-order valence-electron chi connectivity index (χ2n) is 6.63. The Labute approximate surface area is 140 Å². The third kappa shape index (κ3) is 4.55. The summed E-state index contributed by atoms with van der Waals surface area (Å²) in [5, 5.41) is 0. The molecular weight excluding hydrogens is 286 g/mol. The number of hydrogen-bond donors (Lipinski definition) is 1. The van der Waals surface area contributed by atoms with Crippen molar-refractivity contribution in [3.63, 3.8) is 0 Å². The van der Waals surface area contributed by atoms with E-state index in [1.54, 1.807) is 0 Å². The molecule has 1 aliphatic heterocycles. The fourth-order valence-corrected chi connectivity index (χ4v) is 3.62. The predicted octanol–water partition coefficient (Wildman–Crippen LogP) is 2.66. The summed E-state index contributed by atoms with van der Waals surface area (Å²) >= 11 is 0. The van der Waals surface area contributed by atoms with Gasteiger partial charge in [-0.05, 0) is 45.7 Å². The first-order valence-corrected chi connectivity index (χ1v) is 8.86. The molecule has 128 valence electrons. The van der Waals surface area contributed by atoms with Crippen LogP contribution in [0.15, 0.2) is 30.3 Å². The third-order valence-electron chi connectivity index (χ3n) is 5.16. The van der Waals surface area contributed by atoms with Crippen molar-refractivity contribution in [3.8, 4) is 0 Å². The summed E-state index contributed by atoms with van der Waals surface area (Å²) in [4.78, 5) is 16.8. The average Bonchev–Trinajstić information content (AvgIpc) is 2.58. The Morgan fingerprint density at radius 3 is 2.48 bits per heavy atom. The molecule has 3 atom stereocenters. The maximum atomic E-state index is 12.5. The fourth-order valence-electron chi connectivity index (χ4n) is 3.62. The standard InChI is InChI=1S/C19H31N3O/c1-4-22(5-2)19(23)16-11-12-17(21(3)14-16)13-18(20)15-9-7-6-8-10-15/h6-10,16-18H,4-5,11-14,20H2,1-3H3. The van der Waals surface area contributed by atoms with E-state index in [1.165, 1.54) is 5.56 Å². The summed E-state index contributed by atoms with van der Waals surface area (Å²) < 4.78 is 0. The fraction of sp³-hybridized carbons (Fsp3) is 0.632. The molecule has 23 heavy (non-hydrogen) atoms. The van der Waals surface area contributed by atoms with Crippen LogP contribution >= 0.6 is 0 Å². The van der Waals surface area contributed by atoms with E-state index in [4.69, 9.17) is 5.73 Å². The molecule has 2 N–H and O–H groups in total. The van der Waals surface area contributed by atoms with Crippen LogP contribution in [0.5, 0.6) is 0 Å². The molecule has 1 fully saturated rings. The SMILES string of the molecule is CCN(CC)C(=O)C1CCC(CC(N)c2ccccc2)N(C)C1. The minimum absolute atomic E-state index is 0.0682. The molecule has 1 aromatic carbocycles. The summed E-state index contributed by atoms with van der Waals surface area (Å²) in [7, 11) is 2.13. The van der Waals surface area contributed by atoms with Crippen molar-refractivity contribution in [1.29, 1.82) is 0 Å². The van der Waals surface area contributed by atoms with Gasteiger partial charge in [0.15, 0.2) is 0 Å². The molecule has 1 amide bonds. The van der Waals surface area contributed by atoms with Gasteiger partial charge in [0.05, 0.1) is 5.92 Å². The molecular formula is C19H31N3O. The third-order valence-corrected chi connectivity index (χ3v) is 5.16. The lowest BCUT2D eigenvalue weighted by molar-refractivity contribution is -0.137. The summed E-state index contributed by atoms with van der Waals surface area (Å²) in [5.74, 6) is 0.455. The first-order chi connectivity index (χ1) is 11.1. The van der Waals surface area contributed by atoms with Crippen molar-refractivity contribution in [2.45, 2.75) is 45.2 Å². The van der Waals surface area contributed by atoms with Crippen LogP contribution in [0.25, 0.3) is 0 Å². The van der Waals surface area contributed by atoms with Gasteiger partial charge in [-0.3, -0.25) is 4.79 Å². The van der Waals surface area contributed by atoms with E-state index < -0.39 is 0 Å². The number of piperidine rings is 1. The van der Waals surface area contributed by atoms with Crippen LogP contribution in [-0.4, -0.2) is 48.4 Å². The highest BCUT2D eigenvalue weighted by Gasteiger charge is 2.32. The van der Waals surface area contributed by atoms with Crippen LogP contribution in [0.1, 0.15) is 44.7 Å². The summed E-state index contributed by atoms with van der Waals surface area (Å²) in [6.45, 7) is 6.56. The molecule has 4 nitrogen and oxygen atoms in total. The van der Waals surface area contributed by atoms with Crippen LogP contribution in [-0.2, 0) is 4.79 Å². The molecule has 0 spiro atoms. The number of carbonyl (C=O) groups excluding carboxylic acids is 1. The summed E-state index contributed by atoms with van der Waals surface area (Å²) in [6.07, 6.45) is 2.98. The smallest absolute Gasteiger partial charge is 0.226 e. The minimum Gasteiger partial charge on any atom is -0.343 e. The van der Waals surface area contributed by atoms with E-state index in [0.29, 0.717) is 11.9 Å². The zero-order valence-corrected chi connectivity index (χ0v) is 14.7. The molecule has 0 aliphatic carbocycles. The quantitative estimate of drug-likeness (QED) is 0.877. The molecule has 0 bridgehead atoms. The van der Waals surface area contributed by atoms with E-state index >= 15 is 0 Å². The number of nitrogens with two attached hydrogens (primary N) is 1. The van der Waals surface area contributed by atoms with Gasteiger partial charge in [0.1, 0.15) is 0 Å². The monoisotopic (exact) mass is 317 g/mol. The molecule has 4 heteroatoms. The number of amides is 1. The second-order valence-corrected chi connectivity index (χ2v) is 6.63. The number of nitrogens with zero attached hydrogens (tertiary/aromatic N) is 2. The molecule has 1 saturated heterocycles. The molecule has 0 saturated carbocycles. The van der Waals surface area contributed by atoms with E-state index in [-0.39, 0.29) is 12.0 Å². The highest BCUT2D eigenvalue weighted by Crippen LogP contribution is 2.28. The van der Waals surface area contributed by atoms with Crippen molar-refractivity contribution < 1.29 is 4.79 Å². The number of carbonyl (C=O) groups is 1. The van der Waals surface area contributed by atoms with Gasteiger partial charge in [-0.15, -0.1) is 0 Å². The van der Waals surface area contributed by atoms with Crippen molar-refractivity contribution in [3.05, 3.63) is 35.9 Å². The Morgan fingerprint density at radius 1 is 1.26 bits per heavy atom. The Balaban J connectivity index is 1.90. The van der Waals surface area contributed by atoms with Crippen molar-refractivity contribution >= 4 is 5.91 Å². The first kappa shape index (κ1) is 18.0. The normalized spacial score (nSPS) is 23.5. The van der Waals surface area contributed by atoms with Crippen LogP contribution in [0, 0.1) is 5.92 Å². The Morgan fingerprint density at radius 2 is 1.91 bits per heavy atom. The van der Waals surface area contributed by atoms with Crippen LogP contribution in [0.4, 0.5) is 0 Å². The van der Waals surface area contributed by atoms with Crippen molar-refractivity contribution in [2.75, 3.05) is 26.7 Å². The Hall–Kier alpha value is -1.39. The maximum absolute atomic E-state index is 12.5. The average molecular weight is 317 g/mol. The Bertz CT molecular complexity index is 487. The van der Waals surface area contributed by atoms with E-state index in [1.807, 2.05) is 23.1 Å². The van der Waals surface area contributed by atoms with Gasteiger partial charge in [-0.1, -0.05) is 30.3 Å². The van der Waals surface area contributed by atoms with Crippen molar-refractivity contribution in [2.24, 2.45) is 11.7 Å². The predicted molar refractivity (Wildman–Crippen MR) is 95.1 cm³/mol.